The van der Waals surface area contributed by atoms with Crippen LogP contribution in [0.15, 0.2) is 65.2 Å². The first-order valence-corrected chi connectivity index (χ1v) is 8.12. The number of halogens is 2. The van der Waals surface area contributed by atoms with Crippen molar-refractivity contribution in [2.24, 2.45) is 0 Å². The van der Waals surface area contributed by atoms with Gasteiger partial charge in [0.15, 0.2) is 0 Å². The summed E-state index contributed by atoms with van der Waals surface area (Å²) >= 11 is 3.45. The van der Waals surface area contributed by atoms with E-state index in [1.807, 2.05) is 31.2 Å². The van der Waals surface area contributed by atoms with Gasteiger partial charge in [-0.1, -0.05) is 35.9 Å². The minimum Gasteiger partial charge on any atom is -0.314 e. The molecule has 0 spiro atoms. The molecule has 0 saturated carbocycles. The van der Waals surface area contributed by atoms with Crippen molar-refractivity contribution in [1.82, 2.24) is 0 Å². The summed E-state index contributed by atoms with van der Waals surface area (Å²) in [5.74, 6) is -1.12. The zero-order chi connectivity index (χ0) is 17.0. The molecular weight excluding hydrogens is 357 g/mol. The lowest BCUT2D eigenvalue weighted by Gasteiger charge is -2.25. The number of para-hydroxylation sites is 1. The maximum atomic E-state index is 14.2. The summed E-state index contributed by atoms with van der Waals surface area (Å²) in [6.45, 7) is 5.73. The molecule has 0 N–H and O–H groups in total. The van der Waals surface area contributed by atoms with E-state index in [2.05, 4.69) is 22.5 Å². The van der Waals surface area contributed by atoms with Crippen molar-refractivity contribution in [3.8, 4) is 0 Å². The lowest BCUT2D eigenvalue weighted by atomic mass is 9.91. The molecule has 0 radical (unpaired) electrons. The number of carbonyl (C=O) groups is 1. The molecule has 0 bridgehead atoms. The Morgan fingerprint density at radius 2 is 1.83 bits per heavy atom. The Morgan fingerprint density at radius 3 is 2.43 bits per heavy atom. The van der Waals surface area contributed by atoms with Gasteiger partial charge in [0.1, 0.15) is 5.82 Å². The average Bonchev–Trinajstić information content (AvgIpc) is 2.52. The molecule has 0 heterocycles. The molecule has 1 unspecified atom stereocenters. The van der Waals surface area contributed by atoms with Crippen molar-refractivity contribution in [1.29, 1.82) is 0 Å². The third-order valence-corrected chi connectivity index (χ3v) is 4.35. The van der Waals surface area contributed by atoms with Gasteiger partial charge in [-0.15, -0.1) is 6.58 Å². The minimum absolute atomic E-state index is 0.162. The zero-order valence-corrected chi connectivity index (χ0v) is 14.8. The molecule has 0 aliphatic heterocycles. The molecule has 23 heavy (non-hydrogen) atoms. The fraction of sp³-hybridized carbons (Fsp3) is 0.211. The van der Waals surface area contributed by atoms with E-state index in [1.165, 1.54) is 6.07 Å². The molecule has 1 atom stereocenters. The Morgan fingerprint density at radius 1 is 1.22 bits per heavy atom. The summed E-state index contributed by atoms with van der Waals surface area (Å²) in [6, 6.07) is 13.9. The van der Waals surface area contributed by atoms with E-state index in [-0.39, 0.29) is 11.7 Å². The first kappa shape index (κ1) is 17.4. The number of allylic oxidation sites excluding steroid dienone is 1. The normalized spacial score (nSPS) is 11.8. The van der Waals surface area contributed by atoms with Crippen molar-refractivity contribution in [2.75, 3.05) is 11.9 Å². The number of benzene rings is 2. The van der Waals surface area contributed by atoms with E-state index in [1.54, 1.807) is 30.1 Å². The van der Waals surface area contributed by atoms with Crippen molar-refractivity contribution < 1.29 is 9.18 Å². The summed E-state index contributed by atoms with van der Waals surface area (Å²) in [5.41, 5.74) is 1.99. The van der Waals surface area contributed by atoms with E-state index in [0.717, 1.165) is 15.7 Å². The Balaban J connectivity index is 2.40. The predicted molar refractivity (Wildman–Crippen MR) is 96.1 cm³/mol. The molecule has 1 amide bonds. The van der Waals surface area contributed by atoms with Crippen LogP contribution >= 0.6 is 15.9 Å². The maximum Gasteiger partial charge on any atom is 0.234 e. The van der Waals surface area contributed by atoms with Gasteiger partial charge in [0, 0.05) is 17.1 Å². The monoisotopic (exact) mass is 375 g/mol. The second-order valence-corrected chi connectivity index (χ2v) is 6.44. The van der Waals surface area contributed by atoms with Gasteiger partial charge >= 0.3 is 0 Å². The van der Waals surface area contributed by atoms with Crippen LogP contribution in [0.25, 0.3) is 0 Å². The highest BCUT2D eigenvalue weighted by molar-refractivity contribution is 9.10. The number of amides is 1. The standard InChI is InChI=1S/C19H19BrFNO/c1-13(2)12-15(14-8-4-6-10-17(14)21)19(23)22(3)18-11-7-5-9-16(18)20/h4-11,15H,1,12H2,2-3H3. The number of rotatable bonds is 5. The molecule has 2 nitrogen and oxygen atoms in total. The predicted octanol–water partition coefficient (Wildman–Crippen LogP) is 5.30. The van der Waals surface area contributed by atoms with Crippen LogP contribution < -0.4 is 4.90 Å². The lowest BCUT2D eigenvalue weighted by Crippen LogP contribution is -2.32. The largest absolute Gasteiger partial charge is 0.314 e. The van der Waals surface area contributed by atoms with Crippen molar-refractivity contribution in [2.45, 2.75) is 19.3 Å². The molecule has 4 heteroatoms. The fourth-order valence-corrected chi connectivity index (χ4v) is 3.06. The molecule has 2 rings (SSSR count). The van der Waals surface area contributed by atoms with Crippen molar-refractivity contribution >= 4 is 27.5 Å². The van der Waals surface area contributed by atoms with Crippen LogP contribution in [-0.2, 0) is 4.79 Å². The van der Waals surface area contributed by atoms with Gasteiger partial charge in [0.2, 0.25) is 5.91 Å². The second-order valence-electron chi connectivity index (χ2n) is 5.58. The van der Waals surface area contributed by atoms with Gasteiger partial charge in [-0.2, -0.15) is 0 Å². The molecule has 2 aromatic carbocycles. The van der Waals surface area contributed by atoms with Crippen LogP contribution in [0, 0.1) is 5.82 Å². The molecule has 0 aromatic heterocycles. The van der Waals surface area contributed by atoms with Crippen LogP contribution in [0.4, 0.5) is 10.1 Å². The second kappa shape index (κ2) is 7.55. The average molecular weight is 376 g/mol. The molecule has 0 fully saturated rings. The summed E-state index contributed by atoms with van der Waals surface area (Å²) in [5, 5.41) is 0. The lowest BCUT2D eigenvalue weighted by molar-refractivity contribution is -0.119. The summed E-state index contributed by atoms with van der Waals surface area (Å²) < 4.78 is 15.0. The highest BCUT2D eigenvalue weighted by Crippen LogP contribution is 2.31. The van der Waals surface area contributed by atoms with Gasteiger partial charge in [-0.05, 0) is 47.5 Å². The van der Waals surface area contributed by atoms with Gasteiger partial charge in [-0.3, -0.25) is 4.79 Å². The van der Waals surface area contributed by atoms with Gasteiger partial charge < -0.3 is 4.90 Å². The first-order chi connectivity index (χ1) is 10.9. The SMILES string of the molecule is C=C(C)CC(C(=O)N(C)c1ccccc1Br)c1ccccc1F. The Hall–Kier alpha value is -1.94. The van der Waals surface area contributed by atoms with Crippen molar-refractivity contribution in [3.63, 3.8) is 0 Å². The number of hydrogen-bond donors (Lipinski definition) is 0. The van der Waals surface area contributed by atoms with E-state index in [0.29, 0.717) is 12.0 Å². The Labute approximate surface area is 144 Å². The van der Waals surface area contributed by atoms with Gasteiger partial charge in [0.25, 0.3) is 0 Å². The highest BCUT2D eigenvalue weighted by atomic mass is 79.9. The number of anilines is 1. The smallest absolute Gasteiger partial charge is 0.234 e. The first-order valence-electron chi connectivity index (χ1n) is 7.32. The van der Waals surface area contributed by atoms with Crippen LogP contribution in [0.2, 0.25) is 0 Å². The number of likely N-dealkylation sites (N-methyl/N-ethyl adjacent to an activating group) is 1. The van der Waals surface area contributed by atoms with E-state index in [9.17, 15) is 9.18 Å². The fourth-order valence-electron chi connectivity index (χ4n) is 2.51. The Bertz CT molecular complexity index is 729. The van der Waals surface area contributed by atoms with Crippen LogP contribution in [0.1, 0.15) is 24.8 Å². The topological polar surface area (TPSA) is 20.3 Å². The highest BCUT2D eigenvalue weighted by Gasteiger charge is 2.27. The van der Waals surface area contributed by atoms with E-state index < -0.39 is 5.92 Å². The number of hydrogen-bond acceptors (Lipinski definition) is 1. The van der Waals surface area contributed by atoms with E-state index in [4.69, 9.17) is 0 Å². The van der Waals surface area contributed by atoms with Crippen LogP contribution in [0.5, 0.6) is 0 Å². The van der Waals surface area contributed by atoms with Crippen molar-refractivity contribution in [3.05, 3.63) is 76.5 Å². The third-order valence-electron chi connectivity index (χ3n) is 3.68. The molecule has 0 saturated heterocycles. The zero-order valence-electron chi connectivity index (χ0n) is 13.2. The van der Waals surface area contributed by atoms with Crippen LogP contribution in [0.3, 0.4) is 0 Å². The van der Waals surface area contributed by atoms with Crippen LogP contribution in [-0.4, -0.2) is 13.0 Å². The van der Waals surface area contributed by atoms with E-state index >= 15 is 0 Å². The number of carbonyl (C=O) groups excluding carboxylic acids is 1. The van der Waals surface area contributed by atoms with Gasteiger partial charge in [-0.25, -0.2) is 4.39 Å². The summed E-state index contributed by atoms with van der Waals surface area (Å²) in [4.78, 5) is 14.5. The molecule has 2 aromatic rings. The molecular formula is C19H19BrFNO. The molecule has 0 aliphatic carbocycles. The quantitative estimate of drug-likeness (QED) is 0.649. The van der Waals surface area contributed by atoms with Gasteiger partial charge in [0.05, 0.1) is 11.6 Å². The summed E-state index contributed by atoms with van der Waals surface area (Å²) in [7, 11) is 1.70. The number of nitrogens with zero attached hydrogens (tertiary/aromatic N) is 1. The molecule has 120 valence electrons. The minimum atomic E-state index is -0.592. The maximum absolute atomic E-state index is 14.2. The Kier molecular flexibility index (Phi) is 5.72. The molecule has 0 aliphatic rings. The third kappa shape index (κ3) is 4.08. The summed E-state index contributed by atoms with van der Waals surface area (Å²) in [6.07, 6.45) is 0.411.